The Bertz CT molecular complexity index is 580. The molecule has 2 rings (SSSR count). The van der Waals surface area contributed by atoms with Gasteiger partial charge in [0.15, 0.2) is 0 Å². The van der Waals surface area contributed by atoms with Crippen molar-refractivity contribution in [2.45, 2.75) is 25.6 Å². The summed E-state index contributed by atoms with van der Waals surface area (Å²) in [5.74, 6) is 1.94. The predicted molar refractivity (Wildman–Crippen MR) is 86.7 cm³/mol. The Hall–Kier alpha value is -0.980. The second kappa shape index (κ2) is 7.15. The predicted octanol–water partition coefficient (Wildman–Crippen LogP) is 4.05. The molecule has 0 aliphatic rings. The molecule has 2 heterocycles. The summed E-state index contributed by atoms with van der Waals surface area (Å²) in [4.78, 5) is 13.1. The van der Waals surface area contributed by atoms with Crippen LogP contribution in [0.5, 0.6) is 0 Å². The minimum Gasteiger partial charge on any atom is -0.310 e. The Kier molecular flexibility index (Phi) is 5.51. The Morgan fingerprint density at radius 1 is 1.50 bits per heavy atom. The largest absolute Gasteiger partial charge is 0.310 e. The van der Waals surface area contributed by atoms with Crippen LogP contribution in [0.4, 0.5) is 5.82 Å². The molecule has 0 spiro atoms. The van der Waals surface area contributed by atoms with Crippen molar-refractivity contribution in [3.63, 3.8) is 0 Å². The number of nitrogens with zero attached hydrogens (tertiary/aromatic N) is 2. The number of hydrogen-bond acceptors (Lipinski definition) is 4. The van der Waals surface area contributed by atoms with Crippen LogP contribution in [0.25, 0.3) is 0 Å². The molecule has 0 aliphatic carbocycles. The van der Waals surface area contributed by atoms with Gasteiger partial charge >= 0.3 is 0 Å². The van der Waals surface area contributed by atoms with Crippen molar-refractivity contribution in [3.05, 3.63) is 33.6 Å². The molecular formula is C13H16ClN3OS2. The summed E-state index contributed by atoms with van der Waals surface area (Å²) in [7, 11) is 0. The quantitative estimate of drug-likeness (QED) is 0.869. The van der Waals surface area contributed by atoms with Gasteiger partial charge in [-0.1, -0.05) is 11.6 Å². The van der Waals surface area contributed by atoms with Crippen molar-refractivity contribution < 1.29 is 4.79 Å². The fourth-order valence-electron chi connectivity index (χ4n) is 1.68. The number of amides is 1. The molecule has 0 unspecified atom stereocenters. The molecule has 0 aliphatic heterocycles. The van der Waals surface area contributed by atoms with E-state index in [1.165, 1.54) is 4.88 Å². The Morgan fingerprint density at radius 3 is 2.95 bits per heavy atom. The van der Waals surface area contributed by atoms with Gasteiger partial charge in [-0.05, 0) is 26.0 Å². The maximum Gasteiger partial charge on any atom is 0.235 e. The molecule has 7 heteroatoms. The maximum atomic E-state index is 11.9. The number of thiophene rings is 1. The number of anilines is 1. The van der Waals surface area contributed by atoms with Crippen LogP contribution in [0.2, 0.25) is 4.34 Å². The number of hydrogen-bond donors (Lipinski definition) is 1. The molecule has 1 amide bonds. The highest BCUT2D eigenvalue weighted by molar-refractivity contribution is 7.99. The molecule has 1 N–H and O–H groups in total. The van der Waals surface area contributed by atoms with Crippen LogP contribution < -0.4 is 5.32 Å². The summed E-state index contributed by atoms with van der Waals surface area (Å²) in [5, 5.41) is 7.06. The summed E-state index contributed by atoms with van der Waals surface area (Å²) < 4.78 is 2.58. The number of aromatic nitrogens is 2. The van der Waals surface area contributed by atoms with Crippen molar-refractivity contribution >= 4 is 46.4 Å². The number of nitrogens with one attached hydrogen (secondary N) is 1. The number of carbonyl (C=O) groups excluding carboxylic acids is 1. The standard InChI is InChI=1S/C13H16ClN3OS2/c1-9(2)17-12(5-6-15-17)16-13(18)8-19-7-10-3-4-11(14)20-10/h3-6,9H,7-8H2,1-2H3,(H,16,18). The first-order chi connectivity index (χ1) is 9.56. The number of halogens is 1. The summed E-state index contributed by atoms with van der Waals surface area (Å²) in [6.07, 6.45) is 1.69. The van der Waals surface area contributed by atoms with Gasteiger partial charge in [0.05, 0.1) is 16.3 Å². The van der Waals surface area contributed by atoms with E-state index in [1.54, 1.807) is 34.0 Å². The smallest absolute Gasteiger partial charge is 0.235 e. The van der Waals surface area contributed by atoms with E-state index in [4.69, 9.17) is 11.6 Å². The molecule has 4 nitrogen and oxygen atoms in total. The zero-order chi connectivity index (χ0) is 14.5. The Labute approximate surface area is 131 Å². The number of thioether (sulfide) groups is 1. The molecule has 108 valence electrons. The number of carbonyl (C=O) groups is 1. The lowest BCUT2D eigenvalue weighted by Crippen LogP contribution is -2.18. The van der Waals surface area contributed by atoms with Crippen LogP contribution in [0.3, 0.4) is 0 Å². The fraction of sp³-hybridized carbons (Fsp3) is 0.385. The Balaban J connectivity index is 1.79. The molecule has 0 atom stereocenters. The van der Waals surface area contributed by atoms with E-state index in [0.29, 0.717) is 5.75 Å². The van der Waals surface area contributed by atoms with Gasteiger partial charge in [-0.2, -0.15) is 5.10 Å². The van der Waals surface area contributed by atoms with Gasteiger partial charge in [0.2, 0.25) is 5.91 Å². The molecule has 2 aromatic rings. The average Bonchev–Trinajstić information content (AvgIpc) is 2.98. The van der Waals surface area contributed by atoms with E-state index >= 15 is 0 Å². The van der Waals surface area contributed by atoms with Crippen LogP contribution in [-0.2, 0) is 10.5 Å². The van der Waals surface area contributed by atoms with E-state index in [9.17, 15) is 4.79 Å². The fourth-order valence-corrected chi connectivity index (χ4v) is 3.70. The highest BCUT2D eigenvalue weighted by atomic mass is 35.5. The van der Waals surface area contributed by atoms with Crippen LogP contribution >= 0.6 is 34.7 Å². The van der Waals surface area contributed by atoms with Gasteiger partial charge < -0.3 is 5.32 Å². The third kappa shape index (κ3) is 4.26. The third-order valence-electron chi connectivity index (χ3n) is 2.53. The van der Waals surface area contributed by atoms with Crippen molar-refractivity contribution in [1.82, 2.24) is 9.78 Å². The molecule has 0 aromatic carbocycles. The van der Waals surface area contributed by atoms with E-state index < -0.39 is 0 Å². The molecule has 0 saturated carbocycles. The first kappa shape index (κ1) is 15.4. The maximum absolute atomic E-state index is 11.9. The van der Waals surface area contributed by atoms with E-state index in [1.807, 2.05) is 32.0 Å². The second-order valence-electron chi connectivity index (χ2n) is 4.50. The first-order valence-electron chi connectivity index (χ1n) is 6.21. The van der Waals surface area contributed by atoms with Gasteiger partial charge in [0.25, 0.3) is 0 Å². The van der Waals surface area contributed by atoms with E-state index in [-0.39, 0.29) is 11.9 Å². The van der Waals surface area contributed by atoms with Gasteiger partial charge in [0.1, 0.15) is 5.82 Å². The van der Waals surface area contributed by atoms with Gasteiger partial charge in [-0.3, -0.25) is 4.79 Å². The van der Waals surface area contributed by atoms with Crippen molar-refractivity contribution in [2.24, 2.45) is 0 Å². The van der Waals surface area contributed by atoms with Gasteiger partial charge in [0, 0.05) is 22.7 Å². The van der Waals surface area contributed by atoms with E-state index in [0.717, 1.165) is 15.9 Å². The monoisotopic (exact) mass is 329 g/mol. The molecule has 0 bridgehead atoms. The van der Waals surface area contributed by atoms with Crippen LogP contribution in [-0.4, -0.2) is 21.4 Å². The third-order valence-corrected chi connectivity index (χ3v) is 4.93. The van der Waals surface area contributed by atoms with Gasteiger partial charge in [-0.15, -0.1) is 23.1 Å². The first-order valence-corrected chi connectivity index (χ1v) is 8.56. The van der Waals surface area contributed by atoms with Crippen molar-refractivity contribution in [2.75, 3.05) is 11.1 Å². The summed E-state index contributed by atoms with van der Waals surface area (Å²) in [6, 6.07) is 5.90. The molecule has 20 heavy (non-hydrogen) atoms. The summed E-state index contributed by atoms with van der Waals surface area (Å²) in [5.41, 5.74) is 0. The van der Waals surface area contributed by atoms with Crippen LogP contribution in [0.1, 0.15) is 24.8 Å². The zero-order valence-corrected chi connectivity index (χ0v) is 13.7. The zero-order valence-electron chi connectivity index (χ0n) is 11.3. The minimum absolute atomic E-state index is 0.0138. The lowest BCUT2D eigenvalue weighted by Gasteiger charge is -2.11. The summed E-state index contributed by atoms with van der Waals surface area (Å²) in [6.45, 7) is 4.05. The van der Waals surface area contributed by atoms with Crippen LogP contribution in [0, 0.1) is 0 Å². The minimum atomic E-state index is -0.0138. The van der Waals surface area contributed by atoms with Crippen molar-refractivity contribution in [3.8, 4) is 0 Å². The SMILES string of the molecule is CC(C)n1nccc1NC(=O)CSCc1ccc(Cl)s1. The topological polar surface area (TPSA) is 46.9 Å². The molecule has 0 saturated heterocycles. The Morgan fingerprint density at radius 2 is 2.30 bits per heavy atom. The number of rotatable bonds is 6. The average molecular weight is 330 g/mol. The van der Waals surface area contributed by atoms with Crippen LogP contribution in [0.15, 0.2) is 24.4 Å². The molecular weight excluding hydrogens is 314 g/mol. The van der Waals surface area contributed by atoms with E-state index in [2.05, 4.69) is 10.4 Å². The van der Waals surface area contributed by atoms with Gasteiger partial charge in [-0.25, -0.2) is 4.68 Å². The lowest BCUT2D eigenvalue weighted by atomic mass is 10.4. The lowest BCUT2D eigenvalue weighted by molar-refractivity contribution is -0.113. The highest BCUT2D eigenvalue weighted by Gasteiger charge is 2.09. The normalized spacial score (nSPS) is 11.0. The highest BCUT2D eigenvalue weighted by Crippen LogP contribution is 2.25. The second-order valence-corrected chi connectivity index (χ2v) is 7.29. The van der Waals surface area contributed by atoms with Crippen molar-refractivity contribution in [1.29, 1.82) is 0 Å². The molecule has 2 aromatic heterocycles. The summed E-state index contributed by atoms with van der Waals surface area (Å²) >= 11 is 8.99. The molecule has 0 fully saturated rings. The molecule has 0 radical (unpaired) electrons.